The fourth-order valence-corrected chi connectivity index (χ4v) is 4.07. The molecule has 0 saturated carbocycles. The van der Waals surface area contributed by atoms with Gasteiger partial charge in [0.25, 0.3) is 0 Å². The number of halogens is 2. The highest BCUT2D eigenvalue weighted by atomic mass is 32.2. The number of pyridine rings is 1. The second-order valence-corrected chi connectivity index (χ2v) is 7.50. The zero-order valence-corrected chi connectivity index (χ0v) is 15.9. The normalized spacial score (nSPS) is 13.2. The molecule has 0 bridgehead atoms. The summed E-state index contributed by atoms with van der Waals surface area (Å²) in [4.78, 5) is 5.15. The van der Waals surface area contributed by atoms with Gasteiger partial charge in [-0.25, -0.2) is 13.8 Å². The number of thioether (sulfide) groups is 1. The second kappa shape index (κ2) is 7.59. The summed E-state index contributed by atoms with van der Waals surface area (Å²) in [6.45, 7) is 0. The van der Waals surface area contributed by atoms with E-state index in [2.05, 4.69) is 10.3 Å². The van der Waals surface area contributed by atoms with Crippen molar-refractivity contribution < 1.29 is 13.5 Å². The molecule has 0 aliphatic carbocycles. The molecule has 0 spiro atoms. The van der Waals surface area contributed by atoms with Crippen LogP contribution in [0.5, 0.6) is 5.75 Å². The van der Waals surface area contributed by atoms with E-state index in [-0.39, 0.29) is 11.3 Å². The van der Waals surface area contributed by atoms with Crippen LogP contribution in [0.2, 0.25) is 0 Å². The molecule has 4 nitrogen and oxygen atoms in total. The summed E-state index contributed by atoms with van der Waals surface area (Å²) in [6.07, 6.45) is 2.76. The van der Waals surface area contributed by atoms with Gasteiger partial charge in [-0.15, -0.1) is 0 Å². The minimum absolute atomic E-state index is 0.250. The first-order chi connectivity index (χ1) is 13.5. The molecule has 1 aromatic heterocycles. The molecule has 4 rings (SSSR count). The maximum atomic E-state index is 14.4. The third kappa shape index (κ3) is 3.71. The van der Waals surface area contributed by atoms with Gasteiger partial charge in [0.05, 0.1) is 18.4 Å². The van der Waals surface area contributed by atoms with Crippen molar-refractivity contribution in [2.24, 2.45) is 0 Å². The molecule has 1 aliphatic heterocycles. The Balaban J connectivity index is 1.67. The fraction of sp³-hybridized carbons (Fsp3) is 0.143. The highest BCUT2D eigenvalue weighted by Crippen LogP contribution is 2.36. The Morgan fingerprint density at radius 3 is 2.75 bits per heavy atom. The predicted octanol–water partition coefficient (Wildman–Crippen LogP) is 5.79. The van der Waals surface area contributed by atoms with E-state index >= 15 is 0 Å². The number of rotatable bonds is 4. The number of nitrogens with one attached hydrogen (secondary N) is 2. The number of hydrogen-bond acceptors (Lipinski definition) is 5. The average molecular weight is 397 g/mol. The molecule has 2 N–H and O–H groups in total. The van der Waals surface area contributed by atoms with E-state index in [1.54, 1.807) is 6.07 Å². The quantitative estimate of drug-likeness (QED) is 0.585. The number of nitrogens with zero attached hydrogens (tertiary/aromatic N) is 1. The average Bonchev–Trinajstić information content (AvgIpc) is 2.69. The lowest BCUT2D eigenvalue weighted by atomic mass is 10.0. The summed E-state index contributed by atoms with van der Waals surface area (Å²) in [6, 6.07) is 11.5. The third-order valence-corrected chi connectivity index (χ3v) is 5.55. The molecule has 0 fully saturated rings. The van der Waals surface area contributed by atoms with Crippen molar-refractivity contribution in [2.45, 2.75) is 17.7 Å². The van der Waals surface area contributed by atoms with Crippen molar-refractivity contribution in [1.82, 2.24) is 4.98 Å². The molecular weight excluding hydrogens is 380 g/mol. The molecule has 0 amide bonds. The number of hydrogen-bond donors (Lipinski definition) is 2. The highest BCUT2D eigenvalue weighted by molar-refractivity contribution is 8.14. The molecule has 28 heavy (non-hydrogen) atoms. The van der Waals surface area contributed by atoms with E-state index in [1.807, 2.05) is 18.2 Å². The molecule has 2 heterocycles. The van der Waals surface area contributed by atoms with Crippen LogP contribution in [0.25, 0.3) is 11.1 Å². The molecule has 0 atom stereocenters. The summed E-state index contributed by atoms with van der Waals surface area (Å²) in [7, 11) is 1.42. The Hall–Kier alpha value is -2.93. The number of anilines is 2. The Morgan fingerprint density at radius 2 is 1.93 bits per heavy atom. The number of aryl methyl sites for hydroxylation is 1. The summed E-state index contributed by atoms with van der Waals surface area (Å²) >= 11 is 1.46. The van der Waals surface area contributed by atoms with Crippen molar-refractivity contribution in [2.75, 3.05) is 12.4 Å². The van der Waals surface area contributed by atoms with Crippen molar-refractivity contribution in [3.8, 4) is 16.9 Å². The first-order valence-corrected chi connectivity index (χ1v) is 9.50. The topological polar surface area (TPSA) is 58.0 Å². The Kier molecular flexibility index (Phi) is 5.00. The van der Waals surface area contributed by atoms with Crippen LogP contribution >= 0.6 is 11.8 Å². The van der Waals surface area contributed by atoms with E-state index in [4.69, 9.17) is 10.1 Å². The molecule has 1 aliphatic rings. The van der Waals surface area contributed by atoms with E-state index < -0.39 is 11.6 Å². The number of methoxy groups -OCH3 is 1. The van der Waals surface area contributed by atoms with Crippen LogP contribution in [0.4, 0.5) is 20.3 Å². The van der Waals surface area contributed by atoms with Gasteiger partial charge in [-0.05, 0) is 48.7 Å². The summed E-state index contributed by atoms with van der Waals surface area (Å²) in [5, 5.41) is 11.7. The minimum Gasteiger partial charge on any atom is -0.496 e. The molecule has 0 radical (unpaired) electrons. The Bertz CT molecular complexity index is 1070. The lowest BCUT2D eigenvalue weighted by molar-refractivity contribution is 0.412. The van der Waals surface area contributed by atoms with Crippen LogP contribution in [0.3, 0.4) is 0 Å². The van der Waals surface area contributed by atoms with Crippen LogP contribution in [0.1, 0.15) is 12.0 Å². The number of aromatic nitrogens is 1. The van der Waals surface area contributed by atoms with Gasteiger partial charge in [-0.1, -0.05) is 17.8 Å². The molecule has 3 aromatic rings. The largest absolute Gasteiger partial charge is 0.496 e. The van der Waals surface area contributed by atoms with E-state index in [0.29, 0.717) is 16.4 Å². The van der Waals surface area contributed by atoms with E-state index in [1.165, 1.54) is 42.6 Å². The van der Waals surface area contributed by atoms with Crippen LogP contribution in [0.15, 0.2) is 53.6 Å². The van der Waals surface area contributed by atoms with Gasteiger partial charge in [0.1, 0.15) is 23.2 Å². The van der Waals surface area contributed by atoms with Crippen molar-refractivity contribution in [3.05, 3.63) is 65.9 Å². The lowest BCUT2D eigenvalue weighted by Crippen LogP contribution is -2.04. The van der Waals surface area contributed by atoms with Crippen LogP contribution in [-0.2, 0) is 6.42 Å². The third-order valence-electron chi connectivity index (χ3n) is 4.50. The number of fused-ring (bicyclic) bond motifs is 1. The van der Waals surface area contributed by atoms with E-state index in [0.717, 1.165) is 29.6 Å². The maximum absolute atomic E-state index is 14.4. The summed E-state index contributed by atoms with van der Waals surface area (Å²) in [5.74, 6) is -0.270. The zero-order chi connectivity index (χ0) is 19.7. The Labute approximate surface area is 165 Å². The number of benzene rings is 2. The first-order valence-electron chi connectivity index (χ1n) is 8.68. The summed E-state index contributed by atoms with van der Waals surface area (Å²) < 4.78 is 33.1. The predicted molar refractivity (Wildman–Crippen MR) is 108 cm³/mol. The lowest BCUT2D eigenvalue weighted by Gasteiger charge is -2.17. The standard InChI is InChI=1S/C21H17F2N3OS/c1-27-18-8-13(22)4-6-15(18)16-10-21(25-11-17(16)23)26-14-5-2-12-3-7-20(24)28-19(12)9-14/h2,4-6,8-11,24H,3,7H2,1H3,(H,25,26). The first kappa shape index (κ1) is 18.4. The summed E-state index contributed by atoms with van der Waals surface area (Å²) in [5.41, 5.74) is 2.73. The molecule has 0 saturated heterocycles. The van der Waals surface area contributed by atoms with Gasteiger partial charge < -0.3 is 10.1 Å². The van der Waals surface area contributed by atoms with Crippen molar-refractivity contribution >= 4 is 28.3 Å². The van der Waals surface area contributed by atoms with E-state index in [9.17, 15) is 8.78 Å². The second-order valence-electron chi connectivity index (χ2n) is 6.37. The van der Waals surface area contributed by atoms with Gasteiger partial charge >= 0.3 is 0 Å². The maximum Gasteiger partial charge on any atom is 0.149 e. The molecule has 7 heteroatoms. The van der Waals surface area contributed by atoms with Crippen LogP contribution < -0.4 is 10.1 Å². The monoisotopic (exact) mass is 397 g/mol. The van der Waals surface area contributed by atoms with Gasteiger partial charge in [0.2, 0.25) is 0 Å². The van der Waals surface area contributed by atoms with Gasteiger partial charge in [-0.3, -0.25) is 5.41 Å². The van der Waals surface area contributed by atoms with Gasteiger partial charge in [0.15, 0.2) is 0 Å². The SMILES string of the molecule is COc1cc(F)ccc1-c1cc(Nc2ccc3c(c2)SC(=N)CC3)ncc1F. The highest BCUT2D eigenvalue weighted by Gasteiger charge is 2.16. The number of ether oxygens (including phenoxy) is 1. The minimum atomic E-state index is -0.523. The smallest absolute Gasteiger partial charge is 0.149 e. The fourth-order valence-electron chi connectivity index (χ4n) is 3.11. The molecular formula is C21H17F2N3OS. The molecule has 2 aromatic carbocycles. The van der Waals surface area contributed by atoms with Crippen molar-refractivity contribution in [1.29, 1.82) is 5.41 Å². The van der Waals surface area contributed by atoms with Crippen molar-refractivity contribution in [3.63, 3.8) is 0 Å². The molecule has 0 unspecified atom stereocenters. The molecule has 142 valence electrons. The Morgan fingerprint density at radius 1 is 1.07 bits per heavy atom. The van der Waals surface area contributed by atoms with Gasteiger partial charge in [0, 0.05) is 27.8 Å². The van der Waals surface area contributed by atoms with Crippen LogP contribution in [0, 0.1) is 17.0 Å². The van der Waals surface area contributed by atoms with Gasteiger partial charge in [-0.2, -0.15) is 0 Å². The van der Waals surface area contributed by atoms with Crippen LogP contribution in [-0.4, -0.2) is 17.1 Å². The zero-order valence-electron chi connectivity index (χ0n) is 15.1.